The van der Waals surface area contributed by atoms with E-state index in [1.807, 2.05) is 26.0 Å². The third kappa shape index (κ3) is 3.09. The van der Waals surface area contributed by atoms with E-state index in [0.717, 1.165) is 11.1 Å². The Bertz CT molecular complexity index is 640. The fraction of sp³-hybridized carbons (Fsp3) is 0.133. The molecule has 0 saturated carbocycles. The van der Waals surface area contributed by atoms with E-state index in [1.165, 1.54) is 6.07 Å². The van der Waals surface area contributed by atoms with E-state index in [2.05, 4.69) is 0 Å². The molecule has 2 aromatic carbocycles. The van der Waals surface area contributed by atoms with Crippen LogP contribution < -0.4 is 10.5 Å². The normalized spacial score (nSPS) is 10.3. The van der Waals surface area contributed by atoms with E-state index in [1.54, 1.807) is 18.2 Å². The lowest BCUT2D eigenvalue weighted by Crippen LogP contribution is -2.11. The van der Waals surface area contributed by atoms with Gasteiger partial charge in [-0.25, -0.2) is 4.39 Å². The van der Waals surface area contributed by atoms with Crippen LogP contribution in [0.3, 0.4) is 0 Å². The fourth-order valence-corrected chi connectivity index (χ4v) is 1.89. The van der Waals surface area contributed by atoms with Gasteiger partial charge in [0, 0.05) is 0 Å². The van der Waals surface area contributed by atoms with Crippen molar-refractivity contribution in [3.8, 4) is 11.5 Å². The molecule has 0 aromatic heterocycles. The zero-order valence-corrected chi connectivity index (χ0v) is 11.6. The zero-order valence-electron chi connectivity index (χ0n) is 10.7. The summed E-state index contributed by atoms with van der Waals surface area (Å²) in [6.07, 6.45) is 0. The average molecular weight is 275 g/mol. The second-order valence-electron chi connectivity index (χ2n) is 4.40. The van der Waals surface area contributed by atoms with Crippen molar-refractivity contribution in [1.29, 1.82) is 0 Å². The molecule has 0 spiro atoms. The van der Waals surface area contributed by atoms with E-state index in [4.69, 9.17) is 22.7 Å². The van der Waals surface area contributed by atoms with Crippen molar-refractivity contribution in [2.75, 3.05) is 0 Å². The summed E-state index contributed by atoms with van der Waals surface area (Å²) >= 11 is 4.99. The van der Waals surface area contributed by atoms with Gasteiger partial charge in [0.1, 0.15) is 10.7 Å². The molecule has 19 heavy (non-hydrogen) atoms. The summed E-state index contributed by atoms with van der Waals surface area (Å²) in [5.74, 6) is 0.212. The molecule has 0 heterocycles. The summed E-state index contributed by atoms with van der Waals surface area (Å²) in [6.45, 7) is 3.80. The quantitative estimate of drug-likeness (QED) is 0.864. The van der Waals surface area contributed by atoms with Crippen molar-refractivity contribution in [2.45, 2.75) is 13.8 Å². The van der Waals surface area contributed by atoms with Crippen molar-refractivity contribution >= 4 is 17.2 Å². The summed E-state index contributed by atoms with van der Waals surface area (Å²) in [7, 11) is 0. The first-order valence-corrected chi connectivity index (χ1v) is 6.22. The molecule has 0 bridgehead atoms. The van der Waals surface area contributed by atoms with Crippen molar-refractivity contribution in [2.24, 2.45) is 5.73 Å². The summed E-state index contributed by atoms with van der Waals surface area (Å²) in [6, 6.07) is 10.1. The smallest absolute Gasteiger partial charge is 0.165 e. The first kappa shape index (κ1) is 13.5. The number of thiocarbonyl (C=S) groups is 1. The maximum absolute atomic E-state index is 13.7. The van der Waals surface area contributed by atoms with E-state index < -0.39 is 5.82 Å². The highest BCUT2D eigenvalue weighted by Gasteiger charge is 2.11. The van der Waals surface area contributed by atoms with Gasteiger partial charge in [0.2, 0.25) is 0 Å². The summed E-state index contributed by atoms with van der Waals surface area (Å²) in [5.41, 5.74) is 8.20. The Morgan fingerprint density at radius 1 is 1.05 bits per heavy atom. The van der Waals surface area contributed by atoms with Crippen molar-refractivity contribution in [1.82, 2.24) is 0 Å². The maximum atomic E-state index is 13.7. The monoisotopic (exact) mass is 275 g/mol. The molecule has 98 valence electrons. The molecule has 0 fully saturated rings. The van der Waals surface area contributed by atoms with Gasteiger partial charge in [-0.05, 0) is 43.7 Å². The van der Waals surface area contributed by atoms with Gasteiger partial charge in [-0.2, -0.15) is 0 Å². The molecule has 2 aromatic rings. The molecule has 0 radical (unpaired) electrons. The molecule has 0 unspecified atom stereocenters. The molecule has 0 aliphatic rings. The molecule has 0 aliphatic carbocycles. The topological polar surface area (TPSA) is 35.2 Å². The minimum Gasteiger partial charge on any atom is -0.454 e. The van der Waals surface area contributed by atoms with Crippen molar-refractivity contribution < 1.29 is 9.13 Å². The highest BCUT2D eigenvalue weighted by Crippen LogP contribution is 2.28. The molecule has 2 N–H and O–H groups in total. The summed E-state index contributed by atoms with van der Waals surface area (Å²) in [5, 5.41) is 0. The van der Waals surface area contributed by atoms with Gasteiger partial charge >= 0.3 is 0 Å². The second-order valence-corrected chi connectivity index (χ2v) is 4.84. The number of aryl methyl sites for hydroxylation is 2. The van der Waals surface area contributed by atoms with Crippen LogP contribution in [0.25, 0.3) is 0 Å². The number of hydrogen-bond acceptors (Lipinski definition) is 2. The fourth-order valence-electron chi connectivity index (χ4n) is 1.73. The number of nitrogens with two attached hydrogens (primary N) is 1. The number of halogens is 1. The van der Waals surface area contributed by atoms with Gasteiger partial charge in [0.05, 0.1) is 5.56 Å². The number of hydrogen-bond donors (Lipinski definition) is 1. The Kier molecular flexibility index (Phi) is 3.81. The number of benzene rings is 2. The van der Waals surface area contributed by atoms with E-state index in [-0.39, 0.29) is 10.7 Å². The number of rotatable bonds is 3. The van der Waals surface area contributed by atoms with Crippen LogP contribution in [0.1, 0.15) is 16.7 Å². The Hall–Kier alpha value is -1.94. The molecule has 4 heteroatoms. The lowest BCUT2D eigenvalue weighted by molar-refractivity contribution is 0.441. The highest BCUT2D eigenvalue weighted by atomic mass is 32.1. The minimum absolute atomic E-state index is 0.168. The first-order chi connectivity index (χ1) is 8.97. The van der Waals surface area contributed by atoms with Crippen LogP contribution in [-0.2, 0) is 0 Å². The van der Waals surface area contributed by atoms with E-state index in [9.17, 15) is 4.39 Å². The average Bonchev–Trinajstić information content (AvgIpc) is 2.35. The zero-order chi connectivity index (χ0) is 14.0. The third-order valence-corrected chi connectivity index (χ3v) is 2.93. The predicted molar refractivity (Wildman–Crippen MR) is 78.3 cm³/mol. The first-order valence-electron chi connectivity index (χ1n) is 5.82. The van der Waals surface area contributed by atoms with Crippen LogP contribution in [0.4, 0.5) is 4.39 Å². The van der Waals surface area contributed by atoms with Gasteiger partial charge < -0.3 is 10.5 Å². The second kappa shape index (κ2) is 5.36. The third-order valence-electron chi connectivity index (χ3n) is 2.71. The van der Waals surface area contributed by atoms with Crippen LogP contribution in [0.5, 0.6) is 11.5 Å². The molecule has 0 saturated heterocycles. The van der Waals surface area contributed by atoms with Crippen LogP contribution in [0.2, 0.25) is 0 Å². The Morgan fingerprint density at radius 3 is 2.37 bits per heavy atom. The van der Waals surface area contributed by atoms with Crippen molar-refractivity contribution in [3.05, 3.63) is 58.9 Å². The SMILES string of the molecule is Cc1ccc(F)c(Oc2ccc(C)cc2C(N)=S)c1. The molecule has 2 nitrogen and oxygen atoms in total. The Labute approximate surface area is 117 Å². The van der Waals surface area contributed by atoms with Gasteiger partial charge in [0.25, 0.3) is 0 Å². The van der Waals surface area contributed by atoms with Crippen LogP contribution >= 0.6 is 12.2 Å². The Morgan fingerprint density at radius 2 is 1.68 bits per heavy atom. The molecule has 0 amide bonds. The molecule has 2 rings (SSSR count). The van der Waals surface area contributed by atoms with Gasteiger partial charge in [0.15, 0.2) is 11.6 Å². The van der Waals surface area contributed by atoms with E-state index in [0.29, 0.717) is 11.3 Å². The molecular formula is C15H14FNOS. The molecular weight excluding hydrogens is 261 g/mol. The van der Waals surface area contributed by atoms with Crippen LogP contribution in [0, 0.1) is 19.7 Å². The lowest BCUT2D eigenvalue weighted by atomic mass is 10.1. The minimum atomic E-state index is -0.417. The van der Waals surface area contributed by atoms with Gasteiger partial charge in [-0.15, -0.1) is 0 Å². The largest absolute Gasteiger partial charge is 0.454 e. The van der Waals surface area contributed by atoms with Gasteiger partial charge in [-0.3, -0.25) is 0 Å². The number of ether oxygens (including phenoxy) is 1. The molecule has 0 atom stereocenters. The predicted octanol–water partition coefficient (Wildman–Crippen LogP) is 3.87. The summed E-state index contributed by atoms with van der Waals surface area (Å²) in [4.78, 5) is 0.228. The van der Waals surface area contributed by atoms with Gasteiger partial charge in [-0.1, -0.05) is 29.9 Å². The van der Waals surface area contributed by atoms with Crippen LogP contribution in [-0.4, -0.2) is 4.99 Å². The van der Waals surface area contributed by atoms with Crippen LogP contribution in [0.15, 0.2) is 36.4 Å². The Balaban J connectivity index is 2.43. The molecule has 0 aliphatic heterocycles. The lowest BCUT2D eigenvalue weighted by Gasteiger charge is -2.12. The summed E-state index contributed by atoms with van der Waals surface area (Å²) < 4.78 is 19.3. The van der Waals surface area contributed by atoms with E-state index >= 15 is 0 Å². The highest BCUT2D eigenvalue weighted by molar-refractivity contribution is 7.80. The standard InChI is InChI=1S/C15H14FNOS/c1-9-4-6-13(11(7-9)15(17)19)18-14-8-10(2)3-5-12(14)16/h3-8H,1-2H3,(H2,17,19). The van der Waals surface area contributed by atoms with Crippen molar-refractivity contribution in [3.63, 3.8) is 0 Å². The maximum Gasteiger partial charge on any atom is 0.165 e.